The summed E-state index contributed by atoms with van der Waals surface area (Å²) in [4.78, 5) is 1.21. The van der Waals surface area contributed by atoms with Gasteiger partial charge in [0, 0.05) is 17.0 Å². The Bertz CT molecular complexity index is 450. The third-order valence-electron chi connectivity index (χ3n) is 3.05. The Balaban J connectivity index is 1.83. The second kappa shape index (κ2) is 6.14. The molecule has 1 fully saturated rings. The van der Waals surface area contributed by atoms with E-state index in [1.807, 2.05) is 24.4 Å². The van der Waals surface area contributed by atoms with E-state index in [9.17, 15) is 8.42 Å². The maximum atomic E-state index is 12.0. The summed E-state index contributed by atoms with van der Waals surface area (Å²) in [5.74, 6) is 0.196. The number of thiophene rings is 1. The number of sulfonamides is 1. The van der Waals surface area contributed by atoms with Crippen molar-refractivity contribution < 1.29 is 8.42 Å². The minimum Gasteiger partial charge on any atom is -0.313 e. The number of rotatable bonds is 6. The van der Waals surface area contributed by atoms with E-state index in [2.05, 4.69) is 10.0 Å². The van der Waals surface area contributed by atoms with Crippen molar-refractivity contribution in [1.29, 1.82) is 0 Å². The van der Waals surface area contributed by atoms with Gasteiger partial charge in [0.15, 0.2) is 0 Å². The molecule has 2 heterocycles. The van der Waals surface area contributed by atoms with Crippen LogP contribution in [0.1, 0.15) is 24.6 Å². The van der Waals surface area contributed by atoms with Crippen molar-refractivity contribution in [3.63, 3.8) is 0 Å². The predicted molar refractivity (Wildman–Crippen MR) is 75.4 cm³/mol. The lowest BCUT2D eigenvalue weighted by Crippen LogP contribution is -2.41. The standard InChI is InChI=1S/C12H20N2O2S2/c1-10(8-12-5-3-7-17-12)14-18(15,16)9-11-4-2-6-13-11/h3,5,7,10-11,13-14H,2,4,6,8-9H2,1H3. The summed E-state index contributed by atoms with van der Waals surface area (Å²) in [6.45, 7) is 2.85. The Hall–Kier alpha value is -0.430. The van der Waals surface area contributed by atoms with Crippen molar-refractivity contribution in [2.75, 3.05) is 12.3 Å². The fraction of sp³-hybridized carbons (Fsp3) is 0.667. The highest BCUT2D eigenvalue weighted by molar-refractivity contribution is 7.89. The minimum atomic E-state index is -3.18. The van der Waals surface area contributed by atoms with E-state index in [0.717, 1.165) is 25.8 Å². The first kappa shape index (κ1) is 14.0. The largest absolute Gasteiger partial charge is 0.313 e. The van der Waals surface area contributed by atoms with E-state index in [1.165, 1.54) is 4.88 Å². The Labute approximate surface area is 113 Å². The summed E-state index contributed by atoms with van der Waals surface area (Å²) in [6, 6.07) is 4.10. The maximum Gasteiger partial charge on any atom is 0.213 e. The van der Waals surface area contributed by atoms with Gasteiger partial charge in [-0.1, -0.05) is 6.07 Å². The second-order valence-corrected chi connectivity index (χ2v) is 7.71. The molecular weight excluding hydrogens is 268 g/mol. The zero-order valence-corrected chi connectivity index (χ0v) is 12.2. The molecule has 1 aromatic rings. The lowest BCUT2D eigenvalue weighted by Gasteiger charge is -2.16. The fourth-order valence-electron chi connectivity index (χ4n) is 2.29. The molecule has 1 saturated heterocycles. The molecule has 0 aromatic carbocycles. The average molecular weight is 288 g/mol. The molecule has 2 rings (SSSR count). The van der Waals surface area contributed by atoms with Crippen molar-refractivity contribution in [2.45, 2.75) is 38.3 Å². The van der Waals surface area contributed by atoms with Crippen LogP contribution in [-0.2, 0) is 16.4 Å². The molecule has 1 aliphatic heterocycles. The fourth-order valence-corrected chi connectivity index (χ4v) is 4.73. The molecule has 18 heavy (non-hydrogen) atoms. The SMILES string of the molecule is CC(Cc1cccs1)NS(=O)(=O)CC1CCCN1. The van der Waals surface area contributed by atoms with Gasteiger partial charge in [0.05, 0.1) is 5.75 Å². The Morgan fingerprint density at radius 2 is 2.44 bits per heavy atom. The Morgan fingerprint density at radius 3 is 3.06 bits per heavy atom. The van der Waals surface area contributed by atoms with Crippen LogP contribution in [0.25, 0.3) is 0 Å². The molecule has 6 heteroatoms. The summed E-state index contributed by atoms with van der Waals surface area (Å²) < 4.78 is 26.7. The Kier molecular flexibility index (Phi) is 4.77. The predicted octanol–water partition coefficient (Wildman–Crippen LogP) is 1.35. The molecular formula is C12H20N2O2S2. The molecule has 0 radical (unpaired) electrons. The van der Waals surface area contributed by atoms with Crippen LogP contribution in [0, 0.1) is 0 Å². The summed E-state index contributed by atoms with van der Waals surface area (Å²) in [7, 11) is -3.18. The second-order valence-electron chi connectivity index (χ2n) is 4.88. The molecule has 0 amide bonds. The average Bonchev–Trinajstić information content (AvgIpc) is 2.88. The van der Waals surface area contributed by atoms with Gasteiger partial charge in [0.25, 0.3) is 0 Å². The number of hydrogen-bond donors (Lipinski definition) is 2. The van der Waals surface area contributed by atoms with E-state index in [4.69, 9.17) is 0 Å². The van der Waals surface area contributed by atoms with E-state index in [0.29, 0.717) is 0 Å². The van der Waals surface area contributed by atoms with E-state index in [1.54, 1.807) is 11.3 Å². The molecule has 0 aliphatic carbocycles. The van der Waals surface area contributed by atoms with Gasteiger partial charge in [-0.25, -0.2) is 13.1 Å². The summed E-state index contributed by atoms with van der Waals surface area (Å²) in [6.07, 6.45) is 2.79. The maximum absolute atomic E-state index is 12.0. The van der Waals surface area contributed by atoms with E-state index >= 15 is 0 Å². The van der Waals surface area contributed by atoms with Crippen LogP contribution in [0.15, 0.2) is 17.5 Å². The van der Waals surface area contributed by atoms with Gasteiger partial charge >= 0.3 is 0 Å². The van der Waals surface area contributed by atoms with Gasteiger partial charge in [-0.2, -0.15) is 0 Å². The molecule has 4 nitrogen and oxygen atoms in total. The van der Waals surface area contributed by atoms with Crippen LogP contribution in [0.5, 0.6) is 0 Å². The third-order valence-corrected chi connectivity index (χ3v) is 5.55. The van der Waals surface area contributed by atoms with Gasteiger partial charge < -0.3 is 5.32 Å². The minimum absolute atomic E-state index is 0.0462. The van der Waals surface area contributed by atoms with Crippen LogP contribution >= 0.6 is 11.3 Å². The quantitative estimate of drug-likeness (QED) is 0.831. The highest BCUT2D eigenvalue weighted by Crippen LogP contribution is 2.12. The van der Waals surface area contributed by atoms with Crippen molar-refractivity contribution >= 4 is 21.4 Å². The molecule has 2 unspecified atom stereocenters. The van der Waals surface area contributed by atoms with Crippen LogP contribution in [0.4, 0.5) is 0 Å². The van der Waals surface area contributed by atoms with Crippen molar-refractivity contribution in [3.05, 3.63) is 22.4 Å². The number of nitrogens with one attached hydrogen (secondary N) is 2. The molecule has 2 N–H and O–H groups in total. The topological polar surface area (TPSA) is 58.2 Å². The molecule has 0 spiro atoms. The number of hydrogen-bond acceptors (Lipinski definition) is 4. The molecule has 102 valence electrons. The van der Waals surface area contributed by atoms with Crippen LogP contribution in [0.3, 0.4) is 0 Å². The molecule has 0 saturated carbocycles. The van der Waals surface area contributed by atoms with Gasteiger partial charge in [-0.05, 0) is 44.2 Å². The van der Waals surface area contributed by atoms with Crippen molar-refractivity contribution in [3.8, 4) is 0 Å². The van der Waals surface area contributed by atoms with Crippen molar-refractivity contribution in [2.24, 2.45) is 0 Å². The lowest BCUT2D eigenvalue weighted by atomic mass is 10.2. The van der Waals surface area contributed by atoms with E-state index < -0.39 is 10.0 Å². The van der Waals surface area contributed by atoms with Gasteiger partial charge in [0.2, 0.25) is 10.0 Å². The normalized spacial score (nSPS) is 22.2. The molecule has 1 aliphatic rings. The summed E-state index contributed by atoms with van der Waals surface area (Å²) in [5, 5.41) is 5.23. The summed E-state index contributed by atoms with van der Waals surface area (Å²) >= 11 is 1.66. The highest BCUT2D eigenvalue weighted by atomic mass is 32.2. The van der Waals surface area contributed by atoms with Gasteiger partial charge in [-0.15, -0.1) is 11.3 Å². The summed E-state index contributed by atoms with van der Waals surface area (Å²) in [5.41, 5.74) is 0. The first-order chi connectivity index (χ1) is 8.55. The van der Waals surface area contributed by atoms with E-state index in [-0.39, 0.29) is 17.8 Å². The molecule has 1 aromatic heterocycles. The molecule has 2 atom stereocenters. The van der Waals surface area contributed by atoms with Gasteiger partial charge in [0.1, 0.15) is 0 Å². The third kappa shape index (κ3) is 4.35. The van der Waals surface area contributed by atoms with Crippen LogP contribution in [-0.4, -0.2) is 32.8 Å². The zero-order chi connectivity index (χ0) is 13.0. The van der Waals surface area contributed by atoms with Crippen molar-refractivity contribution in [1.82, 2.24) is 10.0 Å². The first-order valence-corrected chi connectivity index (χ1v) is 8.84. The zero-order valence-electron chi connectivity index (χ0n) is 10.6. The van der Waals surface area contributed by atoms with Crippen LogP contribution < -0.4 is 10.0 Å². The highest BCUT2D eigenvalue weighted by Gasteiger charge is 2.23. The first-order valence-electron chi connectivity index (χ1n) is 6.31. The van der Waals surface area contributed by atoms with Crippen LogP contribution in [0.2, 0.25) is 0 Å². The monoisotopic (exact) mass is 288 g/mol. The Morgan fingerprint density at radius 1 is 1.61 bits per heavy atom. The lowest BCUT2D eigenvalue weighted by molar-refractivity contribution is 0.546. The van der Waals surface area contributed by atoms with Gasteiger partial charge in [-0.3, -0.25) is 0 Å². The molecule has 0 bridgehead atoms. The smallest absolute Gasteiger partial charge is 0.213 e.